The van der Waals surface area contributed by atoms with Crippen LogP contribution in [0.1, 0.15) is 5.56 Å². The summed E-state index contributed by atoms with van der Waals surface area (Å²) >= 11 is 5.63. The summed E-state index contributed by atoms with van der Waals surface area (Å²) in [5, 5.41) is 3.19. The van der Waals surface area contributed by atoms with E-state index in [9.17, 15) is 18.8 Å². The molecule has 3 rings (SSSR count). The van der Waals surface area contributed by atoms with E-state index in [1.807, 2.05) is 0 Å². The van der Waals surface area contributed by atoms with Crippen molar-refractivity contribution >= 4 is 40.1 Å². The second-order valence-corrected chi connectivity index (χ2v) is 6.46. The van der Waals surface area contributed by atoms with E-state index < -0.39 is 36.5 Å². The molecular formula is C20H15ClFNO6. The van der Waals surface area contributed by atoms with Gasteiger partial charge in [0.25, 0.3) is 5.91 Å². The van der Waals surface area contributed by atoms with Crippen molar-refractivity contribution in [1.82, 2.24) is 0 Å². The third-order valence-corrected chi connectivity index (χ3v) is 4.08. The lowest BCUT2D eigenvalue weighted by atomic mass is 10.1. The third-order valence-electron chi connectivity index (χ3n) is 3.85. The van der Waals surface area contributed by atoms with Crippen molar-refractivity contribution in [1.29, 1.82) is 0 Å². The van der Waals surface area contributed by atoms with Crippen LogP contribution in [-0.2, 0) is 14.3 Å². The Balaban J connectivity index is 1.51. The van der Waals surface area contributed by atoms with Gasteiger partial charge in [-0.1, -0.05) is 11.6 Å². The highest BCUT2D eigenvalue weighted by atomic mass is 35.5. The van der Waals surface area contributed by atoms with E-state index in [2.05, 4.69) is 5.32 Å². The fraction of sp³-hybridized carbons (Fsp3) is 0.150. The number of hydrogen-bond acceptors (Lipinski definition) is 6. The van der Waals surface area contributed by atoms with Crippen molar-refractivity contribution in [3.8, 4) is 5.75 Å². The van der Waals surface area contributed by atoms with Gasteiger partial charge >= 0.3 is 11.6 Å². The summed E-state index contributed by atoms with van der Waals surface area (Å²) in [7, 11) is 0. The summed E-state index contributed by atoms with van der Waals surface area (Å²) in [6.45, 7) is 0.693. The van der Waals surface area contributed by atoms with Crippen LogP contribution in [0.15, 0.2) is 51.7 Å². The second kappa shape index (κ2) is 8.74. The molecule has 0 fully saturated rings. The first-order valence-corrected chi connectivity index (χ1v) is 8.77. The van der Waals surface area contributed by atoms with Gasteiger partial charge in [-0.25, -0.2) is 14.0 Å². The normalized spacial score (nSPS) is 10.6. The molecular weight excluding hydrogens is 405 g/mol. The van der Waals surface area contributed by atoms with Crippen LogP contribution in [0.4, 0.5) is 10.1 Å². The molecule has 0 unspecified atom stereocenters. The van der Waals surface area contributed by atoms with Crippen LogP contribution >= 0.6 is 11.6 Å². The van der Waals surface area contributed by atoms with Crippen LogP contribution in [0, 0.1) is 12.7 Å². The maximum absolute atomic E-state index is 13.6. The second-order valence-electron chi connectivity index (χ2n) is 6.03. The van der Waals surface area contributed by atoms with Crippen molar-refractivity contribution in [2.24, 2.45) is 0 Å². The summed E-state index contributed by atoms with van der Waals surface area (Å²) in [6.07, 6.45) is 0. The van der Waals surface area contributed by atoms with Gasteiger partial charge < -0.3 is 19.2 Å². The van der Waals surface area contributed by atoms with Gasteiger partial charge in [-0.3, -0.25) is 4.79 Å². The molecule has 150 valence electrons. The molecule has 9 heteroatoms. The molecule has 0 spiro atoms. The minimum Gasteiger partial charge on any atom is -0.482 e. The van der Waals surface area contributed by atoms with E-state index in [0.717, 1.165) is 17.0 Å². The van der Waals surface area contributed by atoms with Gasteiger partial charge in [-0.2, -0.15) is 0 Å². The molecule has 1 N–H and O–H groups in total. The topological polar surface area (TPSA) is 94.8 Å². The highest BCUT2D eigenvalue weighted by Crippen LogP contribution is 2.22. The van der Waals surface area contributed by atoms with Crippen molar-refractivity contribution in [3.05, 3.63) is 69.3 Å². The van der Waals surface area contributed by atoms with Gasteiger partial charge in [-0.15, -0.1) is 0 Å². The fourth-order valence-electron chi connectivity index (χ4n) is 2.50. The number of benzene rings is 2. The van der Waals surface area contributed by atoms with Gasteiger partial charge in [0, 0.05) is 22.5 Å². The summed E-state index contributed by atoms with van der Waals surface area (Å²) in [5.41, 5.74) is 0.505. The number of fused-ring (bicyclic) bond motifs is 1. The zero-order valence-corrected chi connectivity index (χ0v) is 15.9. The molecule has 3 aromatic rings. The Morgan fingerprint density at radius 2 is 1.93 bits per heavy atom. The van der Waals surface area contributed by atoms with Crippen LogP contribution < -0.4 is 15.7 Å². The van der Waals surface area contributed by atoms with Crippen LogP contribution in [0.2, 0.25) is 5.02 Å². The number of rotatable bonds is 6. The number of aryl methyl sites for hydroxylation is 1. The Morgan fingerprint density at radius 1 is 1.14 bits per heavy atom. The zero-order valence-electron chi connectivity index (χ0n) is 15.2. The first-order chi connectivity index (χ1) is 13.8. The fourth-order valence-corrected chi connectivity index (χ4v) is 2.66. The van der Waals surface area contributed by atoms with E-state index in [0.29, 0.717) is 5.58 Å². The number of esters is 1. The molecule has 1 heterocycles. The van der Waals surface area contributed by atoms with Gasteiger partial charge in [0.1, 0.15) is 17.1 Å². The third kappa shape index (κ3) is 5.32. The molecule has 0 aliphatic rings. The summed E-state index contributed by atoms with van der Waals surface area (Å²) in [6, 6.07) is 9.91. The molecule has 7 nitrogen and oxygen atoms in total. The summed E-state index contributed by atoms with van der Waals surface area (Å²) < 4.78 is 28.8. The minimum absolute atomic E-state index is 0.0837. The molecule has 1 amide bonds. The first kappa shape index (κ1) is 20.3. The Bertz CT molecular complexity index is 1140. The highest BCUT2D eigenvalue weighted by molar-refractivity contribution is 6.30. The number of nitrogens with one attached hydrogen (secondary N) is 1. The lowest BCUT2D eigenvalue weighted by Crippen LogP contribution is -2.24. The Morgan fingerprint density at radius 3 is 2.69 bits per heavy atom. The number of carbonyl (C=O) groups excluding carboxylic acids is 2. The average Bonchev–Trinajstić information content (AvgIpc) is 2.66. The molecule has 1 aromatic heterocycles. The Kier molecular flexibility index (Phi) is 6.13. The van der Waals surface area contributed by atoms with Crippen molar-refractivity contribution in [2.45, 2.75) is 6.92 Å². The number of ether oxygens (including phenoxy) is 2. The average molecular weight is 420 g/mol. The Hall–Kier alpha value is -3.39. The number of carbonyl (C=O) groups is 2. The SMILES string of the molecule is Cc1cc(=O)oc2cc(OCC(=O)OCC(=O)Nc3ccc(Cl)cc3F)ccc12. The van der Waals surface area contributed by atoms with Crippen molar-refractivity contribution in [3.63, 3.8) is 0 Å². The quantitative estimate of drug-likeness (QED) is 0.485. The maximum atomic E-state index is 13.6. The number of hydrogen-bond donors (Lipinski definition) is 1. The Labute approximate surface area is 169 Å². The number of halogens is 2. The van der Waals surface area contributed by atoms with Gasteiger partial charge in [0.2, 0.25) is 0 Å². The molecule has 0 saturated heterocycles. The van der Waals surface area contributed by atoms with E-state index in [-0.39, 0.29) is 16.5 Å². The van der Waals surface area contributed by atoms with Crippen LogP contribution in [0.25, 0.3) is 11.0 Å². The van der Waals surface area contributed by atoms with E-state index in [1.165, 1.54) is 24.3 Å². The van der Waals surface area contributed by atoms with Gasteiger partial charge in [0.15, 0.2) is 13.2 Å². The summed E-state index contributed by atoms with van der Waals surface area (Å²) in [4.78, 5) is 35.0. The predicted octanol–water partition coefficient (Wildman–Crippen LogP) is 3.45. The van der Waals surface area contributed by atoms with Gasteiger partial charge in [0.05, 0.1) is 5.69 Å². The van der Waals surface area contributed by atoms with Crippen LogP contribution in [0.5, 0.6) is 5.75 Å². The van der Waals surface area contributed by atoms with E-state index in [1.54, 1.807) is 19.1 Å². The smallest absolute Gasteiger partial charge is 0.344 e. The van der Waals surface area contributed by atoms with E-state index >= 15 is 0 Å². The van der Waals surface area contributed by atoms with Crippen LogP contribution in [-0.4, -0.2) is 25.1 Å². The number of anilines is 1. The standard InChI is InChI=1S/C20H15ClFNO6/c1-11-6-19(25)29-17-8-13(3-4-14(11)17)27-10-20(26)28-9-18(24)23-16-5-2-12(21)7-15(16)22/h2-8H,9-10H2,1H3,(H,23,24). The molecule has 0 radical (unpaired) electrons. The molecule has 0 atom stereocenters. The van der Waals surface area contributed by atoms with Crippen molar-refractivity contribution in [2.75, 3.05) is 18.5 Å². The monoisotopic (exact) mass is 419 g/mol. The molecule has 0 bridgehead atoms. The lowest BCUT2D eigenvalue weighted by Gasteiger charge is -2.09. The van der Waals surface area contributed by atoms with Crippen molar-refractivity contribution < 1.29 is 27.9 Å². The largest absolute Gasteiger partial charge is 0.482 e. The molecule has 29 heavy (non-hydrogen) atoms. The summed E-state index contributed by atoms with van der Waals surface area (Å²) in [5.74, 6) is -1.94. The highest BCUT2D eigenvalue weighted by Gasteiger charge is 2.12. The first-order valence-electron chi connectivity index (χ1n) is 8.39. The number of amides is 1. The van der Waals surface area contributed by atoms with Gasteiger partial charge in [-0.05, 0) is 42.8 Å². The molecule has 2 aromatic carbocycles. The molecule has 0 aliphatic carbocycles. The molecule has 0 aliphatic heterocycles. The lowest BCUT2D eigenvalue weighted by molar-refractivity contribution is -0.149. The van der Waals surface area contributed by atoms with Crippen LogP contribution in [0.3, 0.4) is 0 Å². The zero-order chi connectivity index (χ0) is 21.0. The molecule has 0 saturated carbocycles. The predicted molar refractivity (Wildman–Crippen MR) is 104 cm³/mol. The van der Waals surface area contributed by atoms with E-state index in [4.69, 9.17) is 25.5 Å². The minimum atomic E-state index is -0.803. The maximum Gasteiger partial charge on any atom is 0.344 e.